The van der Waals surface area contributed by atoms with Crippen molar-refractivity contribution in [3.05, 3.63) is 47.8 Å². The van der Waals surface area contributed by atoms with E-state index in [1.165, 1.54) is 13.3 Å². The molecule has 1 N–H and O–H groups in total. The molecule has 1 aromatic heterocycles. The molecular weight excluding hydrogens is 450 g/mol. The molecule has 190 valence electrons. The van der Waals surface area contributed by atoms with E-state index in [1.807, 2.05) is 58.0 Å². The van der Waals surface area contributed by atoms with E-state index in [2.05, 4.69) is 15.2 Å². The number of methoxy groups -OCH3 is 2. The number of esters is 1. The average molecular weight is 486 g/mol. The van der Waals surface area contributed by atoms with Crippen LogP contribution in [0.5, 0.6) is 11.5 Å². The van der Waals surface area contributed by atoms with Gasteiger partial charge >= 0.3 is 12.1 Å². The van der Waals surface area contributed by atoms with Gasteiger partial charge in [-0.05, 0) is 58.2 Å². The number of hydrogen-bond acceptors (Lipinski definition) is 8. The first-order chi connectivity index (χ1) is 16.5. The van der Waals surface area contributed by atoms with E-state index < -0.39 is 23.2 Å². The van der Waals surface area contributed by atoms with Crippen molar-refractivity contribution in [1.29, 1.82) is 0 Å². The first-order valence-corrected chi connectivity index (χ1v) is 11.6. The number of hydrogen-bond donors (Lipinski definition) is 1. The lowest BCUT2D eigenvalue weighted by molar-refractivity contribution is 0.0448. The first-order valence-electron chi connectivity index (χ1n) is 11.6. The smallest absolute Gasteiger partial charge is 0.408 e. The second-order valence-corrected chi connectivity index (χ2v) is 9.84. The van der Waals surface area contributed by atoms with Crippen molar-refractivity contribution in [2.45, 2.75) is 58.3 Å². The first kappa shape index (κ1) is 26.1. The number of pyridine rings is 1. The molecule has 1 amide bonds. The quantitative estimate of drug-likeness (QED) is 0.578. The molecule has 0 bridgehead atoms. The topological polar surface area (TPSA) is 99.2 Å². The van der Waals surface area contributed by atoms with Crippen LogP contribution in [0.15, 0.2) is 36.5 Å². The third-order valence-corrected chi connectivity index (χ3v) is 5.80. The van der Waals surface area contributed by atoms with Crippen LogP contribution in [-0.4, -0.2) is 55.5 Å². The highest BCUT2D eigenvalue weighted by Crippen LogP contribution is 2.31. The fourth-order valence-electron chi connectivity index (χ4n) is 3.81. The number of rotatable bonds is 7. The Morgan fingerprint density at radius 3 is 2.31 bits per heavy atom. The number of piperidine rings is 1. The fraction of sp³-hybridized carbons (Fsp3) is 0.500. The zero-order valence-electron chi connectivity index (χ0n) is 21.3. The standard InChI is InChI=1S/C26H35N3O6/c1-25(2,3)35-24(31)28-26(4)11-13-29(14-12-26)21-15-20(16-27-22(21)23(30)33-6)34-17-18-7-9-19(32-5)10-8-18/h7-10,15-16H,11-14,17H2,1-6H3,(H,28,31). The predicted molar refractivity (Wildman–Crippen MR) is 132 cm³/mol. The summed E-state index contributed by atoms with van der Waals surface area (Å²) in [4.78, 5) is 31.1. The highest BCUT2D eigenvalue weighted by atomic mass is 16.6. The predicted octanol–water partition coefficient (Wildman–Crippen LogP) is 4.34. The molecule has 2 aromatic rings. The van der Waals surface area contributed by atoms with Gasteiger partial charge in [0.1, 0.15) is 23.7 Å². The van der Waals surface area contributed by atoms with Crippen molar-refractivity contribution in [1.82, 2.24) is 10.3 Å². The number of ether oxygens (including phenoxy) is 4. The monoisotopic (exact) mass is 485 g/mol. The van der Waals surface area contributed by atoms with Gasteiger partial charge < -0.3 is 29.2 Å². The molecule has 0 atom stereocenters. The second-order valence-electron chi connectivity index (χ2n) is 9.84. The summed E-state index contributed by atoms with van der Waals surface area (Å²) in [6, 6.07) is 9.42. The number of benzene rings is 1. The van der Waals surface area contributed by atoms with Gasteiger partial charge in [0.15, 0.2) is 5.69 Å². The minimum absolute atomic E-state index is 0.230. The highest BCUT2D eigenvalue weighted by molar-refractivity contribution is 5.94. The number of nitrogens with one attached hydrogen (secondary N) is 1. The van der Waals surface area contributed by atoms with E-state index in [4.69, 9.17) is 18.9 Å². The molecule has 1 saturated heterocycles. The van der Waals surface area contributed by atoms with Gasteiger partial charge in [-0.15, -0.1) is 0 Å². The van der Waals surface area contributed by atoms with Gasteiger partial charge in [0.25, 0.3) is 0 Å². The number of alkyl carbamates (subject to hydrolysis) is 1. The van der Waals surface area contributed by atoms with Gasteiger partial charge in [0, 0.05) is 24.7 Å². The van der Waals surface area contributed by atoms with E-state index in [1.54, 1.807) is 7.11 Å². The van der Waals surface area contributed by atoms with Gasteiger partial charge in [-0.1, -0.05) is 12.1 Å². The molecule has 0 radical (unpaired) electrons. The van der Waals surface area contributed by atoms with E-state index in [9.17, 15) is 9.59 Å². The van der Waals surface area contributed by atoms with Crippen molar-refractivity contribution >= 4 is 17.7 Å². The molecule has 1 aliphatic heterocycles. The van der Waals surface area contributed by atoms with Crippen LogP contribution >= 0.6 is 0 Å². The summed E-state index contributed by atoms with van der Waals surface area (Å²) in [6.07, 6.45) is 2.43. The fourth-order valence-corrected chi connectivity index (χ4v) is 3.81. The Labute approximate surface area is 206 Å². The lowest BCUT2D eigenvalue weighted by Gasteiger charge is -2.41. The Bertz CT molecular complexity index is 1020. The molecule has 35 heavy (non-hydrogen) atoms. The van der Waals surface area contributed by atoms with Crippen LogP contribution in [0, 0.1) is 0 Å². The molecule has 1 aliphatic rings. The summed E-state index contributed by atoms with van der Waals surface area (Å²) in [7, 11) is 2.96. The van der Waals surface area contributed by atoms with E-state index in [0.29, 0.717) is 44.0 Å². The lowest BCUT2D eigenvalue weighted by Crippen LogP contribution is -2.54. The van der Waals surface area contributed by atoms with E-state index in [0.717, 1.165) is 11.3 Å². The Morgan fingerprint density at radius 2 is 1.74 bits per heavy atom. The maximum absolute atomic E-state index is 12.4. The van der Waals surface area contributed by atoms with Crippen molar-refractivity contribution in [2.75, 3.05) is 32.2 Å². The van der Waals surface area contributed by atoms with Crippen LogP contribution < -0.4 is 19.7 Å². The molecule has 1 fully saturated rings. The molecule has 1 aromatic carbocycles. The van der Waals surface area contributed by atoms with Gasteiger partial charge in [-0.25, -0.2) is 14.6 Å². The zero-order chi connectivity index (χ0) is 25.6. The minimum Gasteiger partial charge on any atom is -0.497 e. The zero-order valence-corrected chi connectivity index (χ0v) is 21.3. The van der Waals surface area contributed by atoms with Crippen LogP contribution in [0.4, 0.5) is 10.5 Å². The SMILES string of the molecule is COC(=O)c1ncc(OCc2ccc(OC)cc2)cc1N1CCC(C)(NC(=O)OC(C)(C)C)CC1. The molecule has 0 aliphatic carbocycles. The number of anilines is 1. The molecular formula is C26H35N3O6. The largest absolute Gasteiger partial charge is 0.497 e. The second kappa shape index (κ2) is 10.8. The molecule has 0 unspecified atom stereocenters. The van der Waals surface area contributed by atoms with Crippen molar-refractivity contribution in [3.63, 3.8) is 0 Å². The Kier molecular flexibility index (Phi) is 8.09. The summed E-state index contributed by atoms with van der Waals surface area (Å²) < 4.78 is 21.5. The van der Waals surface area contributed by atoms with Gasteiger partial charge in [0.05, 0.1) is 26.1 Å². The van der Waals surface area contributed by atoms with Gasteiger partial charge in [-0.2, -0.15) is 0 Å². The van der Waals surface area contributed by atoms with Crippen molar-refractivity contribution in [2.24, 2.45) is 0 Å². The lowest BCUT2D eigenvalue weighted by atomic mass is 9.89. The van der Waals surface area contributed by atoms with E-state index >= 15 is 0 Å². The van der Waals surface area contributed by atoms with Crippen LogP contribution in [0.25, 0.3) is 0 Å². The molecule has 9 nitrogen and oxygen atoms in total. The Morgan fingerprint density at radius 1 is 1.09 bits per heavy atom. The normalized spacial score (nSPS) is 15.2. The minimum atomic E-state index is -0.561. The number of carbonyl (C=O) groups is 2. The molecule has 0 saturated carbocycles. The summed E-state index contributed by atoms with van der Waals surface area (Å²) in [6.45, 7) is 9.08. The van der Waals surface area contributed by atoms with Crippen LogP contribution in [0.1, 0.15) is 56.6 Å². The Balaban J connectivity index is 1.71. The van der Waals surface area contributed by atoms with Gasteiger partial charge in [-0.3, -0.25) is 0 Å². The van der Waals surface area contributed by atoms with Crippen LogP contribution in [0.2, 0.25) is 0 Å². The summed E-state index contributed by atoms with van der Waals surface area (Å²) in [5, 5.41) is 3.00. The number of nitrogens with zero attached hydrogens (tertiary/aromatic N) is 2. The number of amides is 1. The average Bonchev–Trinajstić information content (AvgIpc) is 2.81. The van der Waals surface area contributed by atoms with Gasteiger partial charge in [0.2, 0.25) is 0 Å². The summed E-state index contributed by atoms with van der Waals surface area (Å²) in [5.74, 6) is 0.809. The summed E-state index contributed by atoms with van der Waals surface area (Å²) >= 11 is 0. The van der Waals surface area contributed by atoms with E-state index in [-0.39, 0.29) is 5.69 Å². The Hall–Kier alpha value is -3.49. The maximum atomic E-state index is 12.4. The highest BCUT2D eigenvalue weighted by Gasteiger charge is 2.34. The number of carbonyl (C=O) groups excluding carboxylic acids is 2. The molecule has 0 spiro atoms. The molecule has 2 heterocycles. The number of aromatic nitrogens is 1. The molecule has 9 heteroatoms. The maximum Gasteiger partial charge on any atom is 0.408 e. The van der Waals surface area contributed by atoms with Crippen molar-refractivity contribution < 1.29 is 28.5 Å². The third-order valence-electron chi connectivity index (χ3n) is 5.80. The summed E-state index contributed by atoms with van der Waals surface area (Å²) in [5.41, 5.74) is 0.872. The third kappa shape index (κ3) is 7.24. The molecule has 3 rings (SSSR count). The van der Waals surface area contributed by atoms with Crippen LogP contribution in [-0.2, 0) is 16.1 Å². The van der Waals surface area contributed by atoms with Crippen molar-refractivity contribution in [3.8, 4) is 11.5 Å². The van der Waals surface area contributed by atoms with Crippen LogP contribution in [0.3, 0.4) is 0 Å².